The maximum atomic E-state index is 11.9. The summed E-state index contributed by atoms with van der Waals surface area (Å²) in [5, 5.41) is 18.3. The molecule has 0 unspecified atom stereocenters. The molecule has 0 aliphatic heterocycles. The molecule has 4 N–H and O–H groups in total. The lowest BCUT2D eigenvalue weighted by molar-refractivity contribution is -0.126. The van der Waals surface area contributed by atoms with Crippen LogP contribution in [-0.2, 0) is 18.3 Å². The predicted molar refractivity (Wildman–Crippen MR) is 67.1 cm³/mol. The first-order valence-electron chi connectivity index (χ1n) is 5.62. The van der Waals surface area contributed by atoms with Gasteiger partial charge in [0.2, 0.25) is 5.91 Å². The van der Waals surface area contributed by atoms with Crippen LogP contribution in [0.1, 0.15) is 19.5 Å². The Morgan fingerprint density at radius 2 is 2.33 bits per heavy atom. The lowest BCUT2D eigenvalue weighted by Crippen LogP contribution is -2.46. The molecule has 0 aromatic carbocycles. The van der Waals surface area contributed by atoms with Crippen LogP contribution in [0, 0.1) is 5.41 Å². The fraction of sp³-hybridized carbons (Fsp3) is 0.545. The van der Waals surface area contributed by atoms with E-state index in [1.807, 2.05) is 13.1 Å². The van der Waals surface area contributed by atoms with Crippen molar-refractivity contribution in [3.63, 3.8) is 0 Å². The molecule has 1 rings (SSSR count). The molecule has 0 radical (unpaired) electrons. The van der Waals surface area contributed by atoms with Crippen LogP contribution in [0.3, 0.4) is 0 Å². The van der Waals surface area contributed by atoms with Gasteiger partial charge in [-0.05, 0) is 19.9 Å². The first-order valence-corrected chi connectivity index (χ1v) is 5.62. The summed E-state index contributed by atoms with van der Waals surface area (Å²) in [7, 11) is 1.84. The lowest BCUT2D eigenvalue weighted by atomic mass is 9.91. The Morgan fingerprint density at radius 3 is 2.83 bits per heavy atom. The van der Waals surface area contributed by atoms with E-state index in [2.05, 4.69) is 15.6 Å². The Balaban J connectivity index is 2.50. The Bertz CT molecular complexity index is 450. The van der Waals surface area contributed by atoms with Gasteiger partial charge in [-0.1, -0.05) is 5.16 Å². The molecule has 0 saturated carbocycles. The van der Waals surface area contributed by atoms with Gasteiger partial charge in [0, 0.05) is 31.9 Å². The molecular formula is C11H19N5O2. The van der Waals surface area contributed by atoms with Crippen molar-refractivity contribution < 1.29 is 10.0 Å². The molecule has 0 saturated heterocycles. The zero-order valence-corrected chi connectivity index (χ0v) is 10.8. The van der Waals surface area contributed by atoms with Crippen LogP contribution in [0.4, 0.5) is 0 Å². The molecule has 0 atom stereocenters. The summed E-state index contributed by atoms with van der Waals surface area (Å²) in [5.41, 5.74) is 5.47. The standard InChI is InChI=1S/C11H19N5O2/c1-11(2,9(12)15-18)10(17)13-6-4-8-5-7-14-16(8)3/h5,7,18H,4,6H2,1-3H3,(H2,12,15)(H,13,17). The van der Waals surface area contributed by atoms with E-state index >= 15 is 0 Å². The van der Waals surface area contributed by atoms with E-state index in [0.29, 0.717) is 13.0 Å². The summed E-state index contributed by atoms with van der Waals surface area (Å²) in [5.74, 6) is -0.388. The normalized spacial score (nSPS) is 12.5. The fourth-order valence-corrected chi connectivity index (χ4v) is 1.41. The van der Waals surface area contributed by atoms with Crippen LogP contribution in [0.5, 0.6) is 0 Å². The van der Waals surface area contributed by atoms with Crippen LogP contribution in [0.2, 0.25) is 0 Å². The molecule has 1 aromatic heterocycles. The van der Waals surface area contributed by atoms with Gasteiger partial charge in [0.25, 0.3) is 0 Å². The van der Waals surface area contributed by atoms with E-state index in [0.717, 1.165) is 5.69 Å². The van der Waals surface area contributed by atoms with E-state index < -0.39 is 5.41 Å². The molecule has 0 aliphatic carbocycles. The fourth-order valence-electron chi connectivity index (χ4n) is 1.41. The Kier molecular flexibility index (Phi) is 4.30. The van der Waals surface area contributed by atoms with Gasteiger partial charge in [-0.25, -0.2) is 0 Å². The van der Waals surface area contributed by atoms with Gasteiger partial charge in [0.05, 0.1) is 0 Å². The minimum absolute atomic E-state index is 0.111. The summed E-state index contributed by atoms with van der Waals surface area (Å²) in [4.78, 5) is 11.9. The maximum absolute atomic E-state index is 11.9. The smallest absolute Gasteiger partial charge is 0.233 e. The summed E-state index contributed by atoms with van der Waals surface area (Å²) < 4.78 is 1.75. The Hall–Kier alpha value is -2.05. The van der Waals surface area contributed by atoms with Crippen LogP contribution in [0.25, 0.3) is 0 Å². The minimum Gasteiger partial charge on any atom is -0.409 e. The summed E-state index contributed by atoms with van der Waals surface area (Å²) in [6.45, 7) is 3.67. The van der Waals surface area contributed by atoms with Gasteiger partial charge in [0.15, 0.2) is 5.84 Å². The van der Waals surface area contributed by atoms with Crippen molar-refractivity contribution in [1.29, 1.82) is 0 Å². The minimum atomic E-state index is -1.03. The van der Waals surface area contributed by atoms with Crippen molar-refractivity contribution >= 4 is 11.7 Å². The highest BCUT2D eigenvalue weighted by atomic mass is 16.4. The molecule has 0 bridgehead atoms. The second-order valence-corrected chi connectivity index (χ2v) is 4.56. The van der Waals surface area contributed by atoms with Crippen LogP contribution in [-0.4, -0.2) is 33.3 Å². The number of aryl methyl sites for hydroxylation is 1. The van der Waals surface area contributed by atoms with Gasteiger partial charge in [0.1, 0.15) is 5.41 Å². The van der Waals surface area contributed by atoms with Gasteiger partial charge in [-0.3, -0.25) is 9.48 Å². The number of hydrogen-bond donors (Lipinski definition) is 3. The van der Waals surface area contributed by atoms with E-state index in [1.54, 1.807) is 24.7 Å². The highest BCUT2D eigenvalue weighted by Crippen LogP contribution is 2.14. The van der Waals surface area contributed by atoms with Crippen LogP contribution < -0.4 is 11.1 Å². The van der Waals surface area contributed by atoms with Gasteiger partial charge in [-0.15, -0.1) is 0 Å². The molecular weight excluding hydrogens is 234 g/mol. The molecule has 0 fully saturated rings. The third kappa shape index (κ3) is 2.99. The van der Waals surface area contributed by atoms with Crippen molar-refractivity contribution in [2.24, 2.45) is 23.4 Å². The van der Waals surface area contributed by atoms with E-state index in [9.17, 15) is 4.79 Å². The number of hydrogen-bond acceptors (Lipinski definition) is 4. The van der Waals surface area contributed by atoms with Crippen molar-refractivity contribution in [2.45, 2.75) is 20.3 Å². The number of aromatic nitrogens is 2. The zero-order chi connectivity index (χ0) is 13.8. The average molecular weight is 253 g/mol. The second kappa shape index (κ2) is 5.52. The molecule has 18 heavy (non-hydrogen) atoms. The number of nitrogens with zero attached hydrogens (tertiary/aromatic N) is 3. The summed E-state index contributed by atoms with van der Waals surface area (Å²) in [6.07, 6.45) is 2.38. The van der Waals surface area contributed by atoms with Crippen molar-refractivity contribution in [2.75, 3.05) is 6.54 Å². The van der Waals surface area contributed by atoms with E-state index in [-0.39, 0.29) is 11.7 Å². The Morgan fingerprint density at radius 1 is 1.67 bits per heavy atom. The summed E-state index contributed by atoms with van der Waals surface area (Å²) >= 11 is 0. The molecule has 1 amide bonds. The molecule has 0 spiro atoms. The molecule has 7 heteroatoms. The van der Waals surface area contributed by atoms with Crippen LogP contribution >= 0.6 is 0 Å². The molecule has 1 aromatic rings. The van der Waals surface area contributed by atoms with Crippen molar-refractivity contribution in [3.05, 3.63) is 18.0 Å². The number of carbonyl (C=O) groups is 1. The SMILES string of the molecule is Cn1nccc1CCNC(=O)C(C)(C)/C(N)=N/O. The second-order valence-electron chi connectivity index (χ2n) is 4.56. The molecule has 7 nitrogen and oxygen atoms in total. The number of amidine groups is 1. The van der Waals surface area contributed by atoms with Crippen molar-refractivity contribution in [1.82, 2.24) is 15.1 Å². The molecule has 1 heterocycles. The van der Waals surface area contributed by atoms with Gasteiger partial charge < -0.3 is 16.3 Å². The first kappa shape index (κ1) is 14.0. The van der Waals surface area contributed by atoms with E-state index in [1.165, 1.54) is 0 Å². The largest absolute Gasteiger partial charge is 0.409 e. The quantitative estimate of drug-likeness (QED) is 0.294. The topological polar surface area (TPSA) is 106 Å². The lowest BCUT2D eigenvalue weighted by Gasteiger charge is -2.21. The number of nitrogens with two attached hydrogens (primary N) is 1. The first-order chi connectivity index (χ1) is 8.39. The summed E-state index contributed by atoms with van der Waals surface area (Å²) in [6, 6.07) is 1.89. The number of oxime groups is 1. The zero-order valence-electron chi connectivity index (χ0n) is 10.8. The average Bonchev–Trinajstić information content (AvgIpc) is 2.73. The van der Waals surface area contributed by atoms with Crippen molar-refractivity contribution in [3.8, 4) is 0 Å². The van der Waals surface area contributed by atoms with Gasteiger partial charge in [-0.2, -0.15) is 5.10 Å². The highest BCUT2D eigenvalue weighted by Gasteiger charge is 2.32. The number of carbonyl (C=O) groups excluding carboxylic acids is 1. The van der Waals surface area contributed by atoms with E-state index in [4.69, 9.17) is 10.9 Å². The predicted octanol–water partition coefficient (Wildman–Crippen LogP) is -0.149. The number of nitrogens with one attached hydrogen (secondary N) is 1. The highest BCUT2D eigenvalue weighted by molar-refractivity contribution is 6.05. The molecule has 0 aliphatic rings. The monoisotopic (exact) mass is 253 g/mol. The third-order valence-corrected chi connectivity index (χ3v) is 2.90. The Labute approximate surface area is 106 Å². The number of amides is 1. The van der Waals surface area contributed by atoms with Gasteiger partial charge >= 0.3 is 0 Å². The van der Waals surface area contributed by atoms with Crippen LogP contribution in [0.15, 0.2) is 17.4 Å². The maximum Gasteiger partial charge on any atom is 0.233 e. The number of rotatable bonds is 5. The third-order valence-electron chi connectivity index (χ3n) is 2.90. The molecule has 100 valence electrons.